The molecule has 1 saturated heterocycles. The van der Waals surface area contributed by atoms with Gasteiger partial charge in [-0.05, 0) is 74.3 Å². The van der Waals surface area contributed by atoms with Gasteiger partial charge in [0.1, 0.15) is 5.82 Å². The molecule has 1 aliphatic heterocycles. The van der Waals surface area contributed by atoms with Crippen molar-refractivity contribution in [2.45, 2.75) is 32.7 Å². The number of rotatable bonds is 6. The minimum Gasteiger partial charge on any atom is -0.350 e. The van der Waals surface area contributed by atoms with Crippen LogP contribution >= 0.6 is 0 Å². The van der Waals surface area contributed by atoms with Crippen molar-refractivity contribution in [3.8, 4) is 11.1 Å². The molecule has 1 atom stereocenters. The zero-order valence-corrected chi connectivity index (χ0v) is 15.8. The zero-order valence-electron chi connectivity index (χ0n) is 15.8. The van der Waals surface area contributed by atoms with Crippen molar-refractivity contribution < 1.29 is 14.0 Å². The van der Waals surface area contributed by atoms with Gasteiger partial charge in [0.05, 0.1) is 0 Å². The number of carbonyl (C=O) groups excluding carboxylic acids is 2. The summed E-state index contributed by atoms with van der Waals surface area (Å²) in [5, 5.41) is 3.01. The normalized spacial score (nSPS) is 17.1. The highest BCUT2D eigenvalue weighted by Gasteiger charge is 2.23. The maximum atomic E-state index is 13.7. The molecular formula is C22H25FN2O2. The van der Waals surface area contributed by atoms with Gasteiger partial charge in [-0.2, -0.15) is 0 Å². The Labute approximate surface area is 159 Å². The van der Waals surface area contributed by atoms with Gasteiger partial charge in [-0.1, -0.05) is 19.1 Å². The first-order chi connectivity index (χ1) is 13.0. The smallest absolute Gasteiger partial charge is 0.251 e. The van der Waals surface area contributed by atoms with Crippen LogP contribution in [0.1, 0.15) is 47.4 Å². The minimum atomic E-state index is -0.411. The Bertz CT molecular complexity index is 850. The van der Waals surface area contributed by atoms with Crippen LogP contribution in [0.15, 0.2) is 42.5 Å². The number of halogens is 1. The lowest BCUT2D eigenvalue weighted by Gasteiger charge is -2.22. The third-order valence-corrected chi connectivity index (χ3v) is 5.20. The van der Waals surface area contributed by atoms with Gasteiger partial charge in [0, 0.05) is 23.7 Å². The molecule has 142 valence electrons. The van der Waals surface area contributed by atoms with Crippen LogP contribution in [-0.2, 0) is 0 Å². The van der Waals surface area contributed by atoms with Gasteiger partial charge in [-0.25, -0.2) is 4.39 Å². The first-order valence-electron chi connectivity index (χ1n) is 9.42. The number of benzene rings is 2. The molecule has 27 heavy (non-hydrogen) atoms. The maximum Gasteiger partial charge on any atom is 0.251 e. The van der Waals surface area contributed by atoms with Gasteiger partial charge in [0.25, 0.3) is 5.91 Å². The summed E-state index contributed by atoms with van der Waals surface area (Å²) in [4.78, 5) is 26.8. The van der Waals surface area contributed by atoms with Crippen LogP contribution in [0.2, 0.25) is 0 Å². The molecule has 0 bridgehead atoms. The zero-order chi connectivity index (χ0) is 19.4. The van der Waals surface area contributed by atoms with Gasteiger partial charge in [-0.15, -0.1) is 0 Å². The van der Waals surface area contributed by atoms with Crippen molar-refractivity contribution in [2.24, 2.45) is 0 Å². The van der Waals surface area contributed by atoms with Crippen LogP contribution in [0.5, 0.6) is 0 Å². The predicted molar refractivity (Wildman–Crippen MR) is 104 cm³/mol. The van der Waals surface area contributed by atoms with E-state index in [9.17, 15) is 14.0 Å². The van der Waals surface area contributed by atoms with Crippen molar-refractivity contribution >= 4 is 11.7 Å². The van der Waals surface area contributed by atoms with E-state index in [4.69, 9.17) is 0 Å². The second-order valence-corrected chi connectivity index (χ2v) is 6.96. The Morgan fingerprint density at radius 2 is 2.04 bits per heavy atom. The molecule has 3 rings (SSSR count). The largest absolute Gasteiger partial charge is 0.350 e. The molecule has 0 radical (unpaired) electrons. The average molecular weight is 368 g/mol. The van der Waals surface area contributed by atoms with E-state index < -0.39 is 5.82 Å². The number of likely N-dealkylation sites (N-methyl/N-ethyl adjacent to an activating group) is 1. The second-order valence-electron chi connectivity index (χ2n) is 6.96. The van der Waals surface area contributed by atoms with Crippen molar-refractivity contribution in [1.29, 1.82) is 0 Å². The molecule has 5 heteroatoms. The topological polar surface area (TPSA) is 49.4 Å². The molecule has 0 aliphatic carbocycles. The number of hydrogen-bond donors (Lipinski definition) is 1. The van der Waals surface area contributed by atoms with Crippen molar-refractivity contribution in [1.82, 2.24) is 10.2 Å². The molecular weight excluding hydrogens is 343 g/mol. The van der Waals surface area contributed by atoms with E-state index in [2.05, 4.69) is 17.1 Å². The predicted octanol–water partition coefficient (Wildman–Crippen LogP) is 3.91. The lowest BCUT2D eigenvalue weighted by Crippen LogP contribution is -2.40. The van der Waals surface area contributed by atoms with Crippen molar-refractivity contribution in [3.05, 3.63) is 59.4 Å². The molecule has 0 saturated carbocycles. The Hall–Kier alpha value is -2.53. The number of nitrogens with zero attached hydrogens (tertiary/aromatic N) is 1. The fourth-order valence-corrected chi connectivity index (χ4v) is 3.75. The molecule has 0 aromatic heterocycles. The molecule has 1 aliphatic rings. The van der Waals surface area contributed by atoms with E-state index in [0.29, 0.717) is 34.8 Å². The summed E-state index contributed by atoms with van der Waals surface area (Å²) in [5.41, 5.74) is 2.11. The summed E-state index contributed by atoms with van der Waals surface area (Å²) >= 11 is 0. The fraction of sp³-hybridized carbons (Fsp3) is 0.364. The lowest BCUT2D eigenvalue weighted by atomic mass is 9.96. The number of likely N-dealkylation sites (tertiary alicyclic amines) is 1. The monoisotopic (exact) mass is 368 g/mol. The highest BCUT2D eigenvalue weighted by molar-refractivity contribution is 6.02. The van der Waals surface area contributed by atoms with Crippen LogP contribution in [0, 0.1) is 5.82 Å². The van der Waals surface area contributed by atoms with Crippen molar-refractivity contribution in [2.75, 3.05) is 19.6 Å². The SMILES string of the molecule is CCN1CCC[C@H]1CNC(=O)c1cccc(-c2cc(F)ccc2C(C)=O)c1. The highest BCUT2D eigenvalue weighted by Crippen LogP contribution is 2.26. The van der Waals surface area contributed by atoms with Gasteiger partial charge < -0.3 is 5.32 Å². The van der Waals surface area contributed by atoms with E-state index in [1.165, 1.54) is 25.1 Å². The Kier molecular flexibility index (Phi) is 6.01. The van der Waals surface area contributed by atoms with Crippen LogP contribution in [0.3, 0.4) is 0 Å². The summed E-state index contributed by atoms with van der Waals surface area (Å²) in [7, 11) is 0. The summed E-state index contributed by atoms with van der Waals surface area (Å²) in [6, 6.07) is 11.5. The maximum absolute atomic E-state index is 13.7. The first-order valence-corrected chi connectivity index (χ1v) is 9.42. The molecule has 1 amide bonds. The molecule has 4 nitrogen and oxygen atoms in total. The van der Waals surface area contributed by atoms with Crippen LogP contribution in [-0.4, -0.2) is 42.3 Å². The van der Waals surface area contributed by atoms with Gasteiger partial charge in [-0.3, -0.25) is 14.5 Å². The number of nitrogens with one attached hydrogen (secondary N) is 1. The molecule has 2 aromatic rings. The second kappa shape index (κ2) is 8.44. The molecule has 0 spiro atoms. The highest BCUT2D eigenvalue weighted by atomic mass is 19.1. The van der Waals surface area contributed by atoms with E-state index in [1.807, 2.05) is 0 Å². The molecule has 1 N–H and O–H groups in total. The number of ketones is 1. The Morgan fingerprint density at radius 1 is 1.22 bits per heavy atom. The minimum absolute atomic E-state index is 0.138. The number of carbonyl (C=O) groups is 2. The number of Topliss-reactive ketones (excluding diaryl/α,β-unsaturated/α-hetero) is 1. The third-order valence-electron chi connectivity index (χ3n) is 5.20. The van der Waals surface area contributed by atoms with Gasteiger partial charge in [0.15, 0.2) is 5.78 Å². The lowest BCUT2D eigenvalue weighted by molar-refractivity contribution is 0.0940. The van der Waals surface area contributed by atoms with Crippen LogP contribution in [0.25, 0.3) is 11.1 Å². The quantitative estimate of drug-likeness (QED) is 0.787. The van der Waals surface area contributed by atoms with E-state index in [1.54, 1.807) is 24.3 Å². The van der Waals surface area contributed by atoms with E-state index in [0.717, 1.165) is 25.9 Å². The summed E-state index contributed by atoms with van der Waals surface area (Å²) in [5.74, 6) is -0.702. The van der Waals surface area contributed by atoms with Gasteiger partial charge >= 0.3 is 0 Å². The summed E-state index contributed by atoms with van der Waals surface area (Å²) in [6.45, 7) is 6.28. The fourth-order valence-electron chi connectivity index (χ4n) is 3.75. The van der Waals surface area contributed by atoms with Crippen molar-refractivity contribution in [3.63, 3.8) is 0 Å². The van der Waals surface area contributed by atoms with Crippen LogP contribution in [0.4, 0.5) is 4.39 Å². The van der Waals surface area contributed by atoms with Crippen LogP contribution < -0.4 is 5.32 Å². The summed E-state index contributed by atoms with van der Waals surface area (Å²) in [6.07, 6.45) is 2.26. The van der Waals surface area contributed by atoms with Gasteiger partial charge in [0.2, 0.25) is 0 Å². The molecule has 1 fully saturated rings. The molecule has 0 unspecified atom stereocenters. The summed E-state index contributed by atoms with van der Waals surface area (Å²) < 4.78 is 13.7. The van der Waals surface area contributed by atoms with E-state index >= 15 is 0 Å². The third kappa shape index (κ3) is 4.42. The number of amides is 1. The average Bonchev–Trinajstić information content (AvgIpc) is 3.13. The number of hydrogen-bond acceptors (Lipinski definition) is 3. The van der Waals surface area contributed by atoms with E-state index in [-0.39, 0.29) is 11.7 Å². The Morgan fingerprint density at radius 3 is 2.78 bits per heavy atom. The standard InChI is InChI=1S/C22H25FN2O2/c1-3-25-11-5-8-19(25)14-24-22(27)17-7-4-6-16(12-17)21-13-18(23)9-10-20(21)15(2)26/h4,6-7,9-10,12-13,19H,3,5,8,11,14H2,1-2H3,(H,24,27)/t19-/m0/s1. The molecule has 2 aromatic carbocycles. The Balaban J connectivity index is 1.79. The molecule has 1 heterocycles. The first kappa shape index (κ1) is 19.2.